The molecule has 0 fully saturated rings. The minimum atomic E-state index is -0.598. The molecule has 1 aromatic carbocycles. The number of ketones is 1. The van der Waals surface area contributed by atoms with E-state index in [1.165, 1.54) is 0 Å². The van der Waals surface area contributed by atoms with E-state index >= 15 is 0 Å². The van der Waals surface area contributed by atoms with Gasteiger partial charge in [-0.1, -0.05) is 5.16 Å². The van der Waals surface area contributed by atoms with E-state index in [0.717, 1.165) is 16.6 Å². The molecule has 0 radical (unpaired) electrons. The molecule has 8 heteroatoms. The maximum atomic E-state index is 12.7. The lowest BCUT2D eigenvalue weighted by molar-refractivity contribution is 0.0469. The first-order valence-electron chi connectivity index (χ1n) is 9.37. The van der Waals surface area contributed by atoms with Gasteiger partial charge >= 0.3 is 5.97 Å². The summed E-state index contributed by atoms with van der Waals surface area (Å²) in [4.78, 5) is 28.1. The van der Waals surface area contributed by atoms with Crippen molar-refractivity contribution in [2.45, 2.75) is 20.8 Å². The molecule has 0 amide bonds. The van der Waals surface area contributed by atoms with Crippen LogP contribution in [0.1, 0.15) is 38.0 Å². The van der Waals surface area contributed by atoms with Gasteiger partial charge in [-0.05, 0) is 45.0 Å². The molecule has 8 nitrogen and oxygen atoms in total. The van der Waals surface area contributed by atoms with Crippen LogP contribution in [0.5, 0.6) is 5.75 Å². The van der Waals surface area contributed by atoms with Gasteiger partial charge in [0.05, 0.1) is 7.11 Å². The predicted molar refractivity (Wildman–Crippen MR) is 110 cm³/mol. The van der Waals surface area contributed by atoms with Crippen molar-refractivity contribution < 1.29 is 23.6 Å². The van der Waals surface area contributed by atoms with Gasteiger partial charge in [-0.2, -0.15) is 0 Å². The first-order valence-corrected chi connectivity index (χ1v) is 9.37. The molecule has 3 aromatic heterocycles. The molecule has 1 N–H and O–H groups in total. The van der Waals surface area contributed by atoms with Crippen LogP contribution in [0.25, 0.3) is 16.7 Å². The van der Waals surface area contributed by atoms with E-state index in [4.69, 9.17) is 14.0 Å². The van der Waals surface area contributed by atoms with Gasteiger partial charge in [0, 0.05) is 40.0 Å². The number of benzene rings is 1. The quantitative estimate of drug-likeness (QED) is 0.384. The molecular formula is C22H21N3O5. The molecule has 154 valence electrons. The lowest BCUT2D eigenvalue weighted by atomic mass is 10.1. The Morgan fingerprint density at radius 2 is 1.93 bits per heavy atom. The number of fused-ring (bicyclic) bond motifs is 1. The molecular weight excluding hydrogens is 386 g/mol. The summed E-state index contributed by atoms with van der Waals surface area (Å²) in [6.45, 7) is 5.13. The molecule has 30 heavy (non-hydrogen) atoms. The largest absolute Gasteiger partial charge is 0.497 e. The summed E-state index contributed by atoms with van der Waals surface area (Å²) in [6.07, 6.45) is 0. The normalized spacial score (nSPS) is 11.1. The minimum Gasteiger partial charge on any atom is -0.497 e. The zero-order valence-corrected chi connectivity index (χ0v) is 17.1. The van der Waals surface area contributed by atoms with Crippen LogP contribution >= 0.6 is 0 Å². The standard InChI is InChI=1S/C22H21N3O5/c1-12-7-17(14(3)25(12)21-8-13(2)30-24-21)20(26)11-29-22(27)19-9-15-5-6-16(28-4)10-18(15)23-19/h5-10,23H,11H2,1-4H3. The van der Waals surface area contributed by atoms with Gasteiger partial charge in [0.1, 0.15) is 17.2 Å². The highest BCUT2D eigenvalue weighted by Crippen LogP contribution is 2.23. The third-order valence-corrected chi connectivity index (χ3v) is 4.96. The second kappa shape index (κ2) is 7.55. The Kier molecular flexibility index (Phi) is 4.91. The van der Waals surface area contributed by atoms with E-state index in [1.807, 2.05) is 24.5 Å². The summed E-state index contributed by atoms with van der Waals surface area (Å²) in [5.41, 5.74) is 3.04. The Labute approximate surface area is 172 Å². The Hall–Kier alpha value is -3.81. The predicted octanol–water partition coefficient (Wildman–Crippen LogP) is 3.92. The van der Waals surface area contributed by atoms with Gasteiger partial charge < -0.3 is 19.0 Å². The Balaban J connectivity index is 1.49. The van der Waals surface area contributed by atoms with Crippen LogP contribution in [0.2, 0.25) is 0 Å². The van der Waals surface area contributed by atoms with Crippen molar-refractivity contribution in [3.63, 3.8) is 0 Å². The summed E-state index contributed by atoms with van der Waals surface area (Å²) >= 11 is 0. The van der Waals surface area contributed by atoms with E-state index in [-0.39, 0.29) is 18.1 Å². The van der Waals surface area contributed by atoms with Crippen LogP contribution in [0.3, 0.4) is 0 Å². The third kappa shape index (κ3) is 3.47. The number of methoxy groups -OCH3 is 1. The monoisotopic (exact) mass is 407 g/mol. The summed E-state index contributed by atoms with van der Waals surface area (Å²) < 4.78 is 17.4. The van der Waals surface area contributed by atoms with E-state index < -0.39 is 5.97 Å². The molecule has 3 heterocycles. The molecule has 0 unspecified atom stereocenters. The van der Waals surface area contributed by atoms with Crippen LogP contribution in [0.4, 0.5) is 0 Å². The summed E-state index contributed by atoms with van der Waals surface area (Å²) in [7, 11) is 1.58. The Morgan fingerprint density at radius 3 is 2.63 bits per heavy atom. The average Bonchev–Trinajstić information content (AvgIpc) is 3.42. The highest BCUT2D eigenvalue weighted by molar-refractivity contribution is 6.01. The van der Waals surface area contributed by atoms with Crippen molar-refractivity contribution in [2.75, 3.05) is 13.7 Å². The maximum Gasteiger partial charge on any atom is 0.355 e. The van der Waals surface area contributed by atoms with Crippen LogP contribution < -0.4 is 4.74 Å². The van der Waals surface area contributed by atoms with Crippen LogP contribution in [0, 0.1) is 20.8 Å². The number of hydrogen-bond acceptors (Lipinski definition) is 6. The second-order valence-corrected chi connectivity index (χ2v) is 7.05. The maximum absolute atomic E-state index is 12.7. The highest BCUT2D eigenvalue weighted by Gasteiger charge is 2.20. The SMILES string of the molecule is COc1ccc2cc(C(=O)OCC(=O)c3cc(C)n(-c4cc(C)on4)c3C)[nH]c2c1. The van der Waals surface area contributed by atoms with E-state index in [9.17, 15) is 9.59 Å². The van der Waals surface area contributed by atoms with E-state index in [2.05, 4.69) is 10.1 Å². The van der Waals surface area contributed by atoms with Gasteiger partial charge in [-0.3, -0.25) is 9.36 Å². The summed E-state index contributed by atoms with van der Waals surface area (Å²) in [6, 6.07) is 10.7. The van der Waals surface area contributed by atoms with Gasteiger partial charge in [-0.15, -0.1) is 0 Å². The number of nitrogens with zero attached hydrogens (tertiary/aromatic N) is 2. The van der Waals surface area contributed by atoms with Gasteiger partial charge in [0.25, 0.3) is 0 Å². The number of carbonyl (C=O) groups excluding carboxylic acids is 2. The number of ether oxygens (including phenoxy) is 2. The lowest BCUT2D eigenvalue weighted by Gasteiger charge is -2.05. The number of Topliss-reactive ketones (excluding diaryl/α,β-unsaturated/α-hetero) is 1. The minimum absolute atomic E-state index is 0.273. The number of aromatic nitrogens is 3. The van der Waals surface area contributed by atoms with Crippen molar-refractivity contribution in [1.82, 2.24) is 14.7 Å². The molecule has 0 saturated heterocycles. The summed E-state index contributed by atoms with van der Waals surface area (Å²) in [5.74, 6) is 1.07. The van der Waals surface area contributed by atoms with Crippen molar-refractivity contribution >= 4 is 22.7 Å². The van der Waals surface area contributed by atoms with Crippen molar-refractivity contribution in [3.8, 4) is 11.6 Å². The number of H-pyrrole nitrogens is 1. The molecule has 0 aliphatic heterocycles. The molecule has 0 aliphatic carbocycles. The Bertz CT molecular complexity index is 1260. The zero-order chi connectivity index (χ0) is 21.4. The van der Waals surface area contributed by atoms with Crippen molar-refractivity contribution in [2.24, 2.45) is 0 Å². The van der Waals surface area contributed by atoms with Crippen molar-refractivity contribution in [1.29, 1.82) is 0 Å². The van der Waals surface area contributed by atoms with Crippen molar-refractivity contribution in [3.05, 3.63) is 64.8 Å². The fourth-order valence-electron chi connectivity index (χ4n) is 3.49. The molecule has 4 aromatic rings. The number of hydrogen-bond donors (Lipinski definition) is 1. The van der Waals surface area contributed by atoms with Gasteiger partial charge in [-0.25, -0.2) is 4.79 Å². The molecule has 4 rings (SSSR count). The number of aryl methyl sites for hydroxylation is 2. The van der Waals surface area contributed by atoms with Gasteiger partial charge in [0.15, 0.2) is 12.4 Å². The van der Waals surface area contributed by atoms with E-state index in [1.54, 1.807) is 44.4 Å². The highest BCUT2D eigenvalue weighted by atomic mass is 16.5. The smallest absolute Gasteiger partial charge is 0.355 e. The zero-order valence-electron chi connectivity index (χ0n) is 17.1. The first-order chi connectivity index (χ1) is 14.4. The number of carbonyl (C=O) groups is 2. The number of nitrogens with one attached hydrogen (secondary N) is 1. The molecule has 0 saturated carbocycles. The lowest BCUT2D eigenvalue weighted by Crippen LogP contribution is -2.15. The Morgan fingerprint density at radius 1 is 1.13 bits per heavy atom. The van der Waals surface area contributed by atoms with E-state index in [0.29, 0.717) is 28.6 Å². The molecule has 0 atom stereocenters. The molecule has 0 aliphatic rings. The number of rotatable bonds is 6. The fraction of sp³-hybridized carbons (Fsp3) is 0.227. The molecule has 0 spiro atoms. The fourth-order valence-corrected chi connectivity index (χ4v) is 3.49. The molecule has 0 bridgehead atoms. The average molecular weight is 407 g/mol. The van der Waals surface area contributed by atoms with Crippen LogP contribution in [0.15, 0.2) is 40.9 Å². The number of aromatic amines is 1. The van der Waals surface area contributed by atoms with Gasteiger partial charge in [0.2, 0.25) is 5.78 Å². The van der Waals surface area contributed by atoms with Crippen LogP contribution in [-0.4, -0.2) is 40.2 Å². The van der Waals surface area contributed by atoms with Crippen LogP contribution in [-0.2, 0) is 4.74 Å². The first kappa shape index (κ1) is 19.5. The summed E-state index contributed by atoms with van der Waals surface area (Å²) in [5, 5.41) is 4.85. The number of esters is 1. The third-order valence-electron chi connectivity index (χ3n) is 4.96. The topological polar surface area (TPSA) is 99.3 Å². The second-order valence-electron chi connectivity index (χ2n) is 7.05.